The number of H-pyrrole nitrogens is 1. The Morgan fingerprint density at radius 2 is 2.04 bits per heavy atom. The minimum absolute atomic E-state index is 0.0872. The number of aliphatic carboxylic acids is 1. The van der Waals surface area contributed by atoms with Gasteiger partial charge in [-0.25, -0.2) is 0 Å². The highest BCUT2D eigenvalue weighted by molar-refractivity contribution is 6.31. The van der Waals surface area contributed by atoms with Crippen molar-refractivity contribution in [1.82, 2.24) is 4.98 Å². The fraction of sp³-hybridized carbons (Fsp3) is 0.167. The average molecular weight is 330 g/mol. The summed E-state index contributed by atoms with van der Waals surface area (Å²) in [6.07, 6.45) is -0.0872. The molecule has 1 heterocycles. The van der Waals surface area contributed by atoms with Gasteiger partial charge in [-0.15, -0.1) is 0 Å². The van der Waals surface area contributed by atoms with Crippen molar-refractivity contribution in [2.75, 3.05) is 6.61 Å². The number of rotatable bonds is 5. The van der Waals surface area contributed by atoms with E-state index in [1.54, 1.807) is 12.1 Å². The molecule has 0 fully saturated rings. The second kappa shape index (κ2) is 6.34. The number of halogens is 1. The second-order valence-corrected chi connectivity index (χ2v) is 5.60. The highest BCUT2D eigenvalue weighted by Crippen LogP contribution is 2.36. The van der Waals surface area contributed by atoms with Crippen molar-refractivity contribution in [3.05, 3.63) is 53.1 Å². The normalized spacial score (nSPS) is 10.9. The highest BCUT2D eigenvalue weighted by atomic mass is 35.5. The average Bonchev–Trinajstić information content (AvgIpc) is 2.86. The third-order valence-corrected chi connectivity index (χ3v) is 3.89. The zero-order valence-electron chi connectivity index (χ0n) is 12.6. The molecule has 3 rings (SSSR count). The number of carbonyl (C=O) groups is 1. The number of aromatic nitrogens is 1. The number of carboxylic acids is 1. The summed E-state index contributed by atoms with van der Waals surface area (Å²) >= 11 is 6.08. The molecule has 2 aromatic carbocycles. The number of para-hydroxylation sites is 1. The molecule has 0 saturated heterocycles. The van der Waals surface area contributed by atoms with Crippen LogP contribution in [0.5, 0.6) is 5.75 Å². The van der Waals surface area contributed by atoms with Crippen molar-refractivity contribution in [3.63, 3.8) is 0 Å². The molecule has 0 aliphatic heterocycles. The van der Waals surface area contributed by atoms with Crippen LogP contribution >= 0.6 is 11.6 Å². The number of ether oxygens (including phenoxy) is 1. The molecule has 5 heteroatoms. The van der Waals surface area contributed by atoms with E-state index in [0.717, 1.165) is 27.9 Å². The van der Waals surface area contributed by atoms with E-state index in [1.807, 2.05) is 37.3 Å². The van der Waals surface area contributed by atoms with Gasteiger partial charge in [0.1, 0.15) is 5.75 Å². The fourth-order valence-corrected chi connectivity index (χ4v) is 2.91. The Kier molecular flexibility index (Phi) is 4.26. The number of carboxylic acid groups (broad SMARTS) is 1. The van der Waals surface area contributed by atoms with Crippen LogP contribution < -0.4 is 4.74 Å². The predicted molar refractivity (Wildman–Crippen MR) is 91.3 cm³/mol. The van der Waals surface area contributed by atoms with E-state index in [2.05, 4.69) is 4.98 Å². The van der Waals surface area contributed by atoms with Gasteiger partial charge in [0.25, 0.3) is 0 Å². The Morgan fingerprint density at radius 3 is 2.78 bits per heavy atom. The Hall–Kier alpha value is -2.46. The predicted octanol–water partition coefficient (Wildman–Crippen LogP) is 4.51. The molecular weight excluding hydrogens is 314 g/mol. The van der Waals surface area contributed by atoms with E-state index < -0.39 is 5.97 Å². The molecular formula is C18H16ClNO3. The lowest BCUT2D eigenvalue weighted by atomic mass is 10.0. The van der Waals surface area contributed by atoms with Crippen molar-refractivity contribution in [2.45, 2.75) is 13.3 Å². The summed E-state index contributed by atoms with van der Waals surface area (Å²) in [6.45, 7) is 2.46. The summed E-state index contributed by atoms with van der Waals surface area (Å²) in [6, 6.07) is 13.0. The lowest BCUT2D eigenvalue weighted by molar-refractivity contribution is -0.136. The Bertz CT molecular complexity index is 870. The van der Waals surface area contributed by atoms with Gasteiger partial charge in [-0.3, -0.25) is 4.79 Å². The third kappa shape index (κ3) is 3.03. The first-order chi connectivity index (χ1) is 11.1. The molecule has 0 bridgehead atoms. The summed E-state index contributed by atoms with van der Waals surface area (Å²) in [5, 5.41) is 10.7. The summed E-state index contributed by atoms with van der Waals surface area (Å²) in [7, 11) is 0. The number of fused-ring (bicyclic) bond motifs is 1. The standard InChI is InChI=1S/C18H16ClNO3/c1-2-23-16-6-4-3-5-12(16)18-14(10-17(21)22)13-9-11(19)7-8-15(13)20-18/h3-9,20H,2,10H2,1H3,(H,21,22). The maximum atomic E-state index is 11.3. The van der Waals surface area contributed by atoms with Gasteiger partial charge in [0, 0.05) is 21.5 Å². The summed E-state index contributed by atoms with van der Waals surface area (Å²) in [5.41, 5.74) is 3.17. The molecule has 118 valence electrons. The van der Waals surface area contributed by atoms with Crippen molar-refractivity contribution >= 4 is 28.5 Å². The van der Waals surface area contributed by atoms with Crippen LogP contribution in [0.15, 0.2) is 42.5 Å². The van der Waals surface area contributed by atoms with Crippen LogP contribution in [-0.4, -0.2) is 22.7 Å². The molecule has 1 aromatic heterocycles. The first-order valence-corrected chi connectivity index (χ1v) is 7.72. The second-order valence-electron chi connectivity index (χ2n) is 5.17. The van der Waals surface area contributed by atoms with Gasteiger partial charge < -0.3 is 14.8 Å². The molecule has 4 nitrogen and oxygen atoms in total. The third-order valence-electron chi connectivity index (χ3n) is 3.65. The molecule has 0 atom stereocenters. The van der Waals surface area contributed by atoms with Crippen LogP contribution in [0.2, 0.25) is 5.02 Å². The maximum Gasteiger partial charge on any atom is 0.307 e. The lowest BCUT2D eigenvalue weighted by Crippen LogP contribution is -2.02. The summed E-state index contributed by atoms with van der Waals surface area (Å²) in [5.74, 6) is -0.166. The van der Waals surface area contributed by atoms with Gasteiger partial charge in [-0.05, 0) is 42.8 Å². The van der Waals surface area contributed by atoms with Crippen LogP contribution in [0.3, 0.4) is 0 Å². The number of nitrogens with one attached hydrogen (secondary N) is 1. The number of benzene rings is 2. The van der Waals surface area contributed by atoms with Gasteiger partial charge >= 0.3 is 5.97 Å². The molecule has 0 saturated carbocycles. The van der Waals surface area contributed by atoms with Gasteiger partial charge in [0.15, 0.2) is 0 Å². The number of hydrogen-bond donors (Lipinski definition) is 2. The lowest BCUT2D eigenvalue weighted by Gasteiger charge is -2.10. The molecule has 3 aromatic rings. The minimum Gasteiger partial charge on any atom is -0.493 e. The minimum atomic E-state index is -0.888. The molecule has 0 unspecified atom stereocenters. The van der Waals surface area contributed by atoms with Gasteiger partial charge in [0.2, 0.25) is 0 Å². The van der Waals surface area contributed by atoms with Crippen molar-refractivity contribution in [1.29, 1.82) is 0 Å². The van der Waals surface area contributed by atoms with Crippen LogP contribution in [-0.2, 0) is 11.2 Å². The number of aromatic amines is 1. The van der Waals surface area contributed by atoms with E-state index in [4.69, 9.17) is 16.3 Å². The maximum absolute atomic E-state index is 11.3. The van der Waals surface area contributed by atoms with Crippen LogP contribution in [0, 0.1) is 0 Å². The molecule has 0 aliphatic rings. The van der Waals surface area contributed by atoms with Crippen LogP contribution in [0.25, 0.3) is 22.2 Å². The molecule has 0 amide bonds. The monoisotopic (exact) mass is 329 g/mol. The zero-order chi connectivity index (χ0) is 16.4. The van der Waals surface area contributed by atoms with Gasteiger partial charge in [0.05, 0.1) is 18.7 Å². The van der Waals surface area contributed by atoms with Gasteiger partial charge in [-0.1, -0.05) is 23.7 Å². The van der Waals surface area contributed by atoms with Crippen molar-refractivity contribution in [2.24, 2.45) is 0 Å². The van der Waals surface area contributed by atoms with E-state index in [1.165, 1.54) is 0 Å². The first kappa shape index (κ1) is 15.4. The van der Waals surface area contributed by atoms with E-state index in [-0.39, 0.29) is 6.42 Å². The van der Waals surface area contributed by atoms with Crippen LogP contribution in [0.1, 0.15) is 12.5 Å². The van der Waals surface area contributed by atoms with E-state index in [0.29, 0.717) is 17.2 Å². The fourth-order valence-electron chi connectivity index (χ4n) is 2.74. The zero-order valence-corrected chi connectivity index (χ0v) is 13.4. The molecule has 0 aliphatic carbocycles. The molecule has 0 radical (unpaired) electrons. The molecule has 23 heavy (non-hydrogen) atoms. The van der Waals surface area contributed by atoms with Crippen molar-refractivity contribution in [3.8, 4) is 17.0 Å². The summed E-state index contributed by atoms with van der Waals surface area (Å²) < 4.78 is 5.68. The Balaban J connectivity index is 2.26. The topological polar surface area (TPSA) is 62.3 Å². The summed E-state index contributed by atoms with van der Waals surface area (Å²) in [4.78, 5) is 14.6. The van der Waals surface area contributed by atoms with Crippen LogP contribution in [0.4, 0.5) is 0 Å². The molecule has 0 spiro atoms. The highest BCUT2D eigenvalue weighted by Gasteiger charge is 2.18. The Morgan fingerprint density at radius 1 is 1.26 bits per heavy atom. The van der Waals surface area contributed by atoms with E-state index >= 15 is 0 Å². The largest absolute Gasteiger partial charge is 0.493 e. The van der Waals surface area contributed by atoms with E-state index in [9.17, 15) is 9.90 Å². The van der Waals surface area contributed by atoms with Crippen molar-refractivity contribution < 1.29 is 14.6 Å². The Labute approximate surface area is 138 Å². The number of hydrogen-bond acceptors (Lipinski definition) is 2. The smallest absolute Gasteiger partial charge is 0.307 e. The first-order valence-electron chi connectivity index (χ1n) is 7.34. The quantitative estimate of drug-likeness (QED) is 0.723. The van der Waals surface area contributed by atoms with Gasteiger partial charge in [-0.2, -0.15) is 0 Å². The SMILES string of the molecule is CCOc1ccccc1-c1[nH]c2ccc(Cl)cc2c1CC(=O)O. The molecule has 2 N–H and O–H groups in total.